The van der Waals surface area contributed by atoms with Crippen LogP contribution in [0, 0.1) is 10.1 Å². The molecular weight excluding hydrogens is 446 g/mol. The van der Waals surface area contributed by atoms with Gasteiger partial charge in [0.2, 0.25) is 5.91 Å². The van der Waals surface area contributed by atoms with E-state index in [2.05, 4.69) is 22.1 Å². The first-order valence-electron chi connectivity index (χ1n) is 9.93. The number of allylic oxidation sites excluding steroid dienone is 1. The van der Waals surface area contributed by atoms with Crippen LogP contribution in [0.5, 0.6) is 11.5 Å². The SMILES string of the molecule is C=CCn1c(SCC(=O)Nc2ccccc2[N+](=O)[O-])nnc1C(C)Oc1ccc(OC)cc1. The summed E-state index contributed by atoms with van der Waals surface area (Å²) in [5, 5.41) is 22.6. The lowest BCUT2D eigenvalue weighted by atomic mass is 10.2. The molecule has 0 aliphatic carbocycles. The van der Waals surface area contributed by atoms with Crippen LogP contribution < -0.4 is 14.8 Å². The van der Waals surface area contributed by atoms with E-state index in [1.807, 2.05) is 11.5 Å². The number of amides is 1. The molecule has 0 bridgehead atoms. The van der Waals surface area contributed by atoms with Gasteiger partial charge in [-0.15, -0.1) is 16.8 Å². The van der Waals surface area contributed by atoms with E-state index in [9.17, 15) is 14.9 Å². The predicted molar refractivity (Wildman–Crippen MR) is 125 cm³/mol. The van der Waals surface area contributed by atoms with Crippen LogP contribution in [-0.2, 0) is 11.3 Å². The average Bonchev–Trinajstić information content (AvgIpc) is 3.21. The number of hydrogen-bond acceptors (Lipinski definition) is 8. The largest absolute Gasteiger partial charge is 0.497 e. The third-order valence-corrected chi connectivity index (χ3v) is 5.47. The number of rotatable bonds is 11. The molecule has 0 aliphatic heterocycles. The molecule has 0 saturated carbocycles. The second kappa shape index (κ2) is 11.1. The first kappa shape index (κ1) is 23.8. The van der Waals surface area contributed by atoms with Gasteiger partial charge in [-0.3, -0.25) is 19.5 Å². The first-order chi connectivity index (χ1) is 15.9. The van der Waals surface area contributed by atoms with E-state index in [4.69, 9.17) is 9.47 Å². The molecule has 10 nitrogen and oxygen atoms in total. The fourth-order valence-corrected chi connectivity index (χ4v) is 3.73. The smallest absolute Gasteiger partial charge is 0.292 e. The highest BCUT2D eigenvalue weighted by atomic mass is 32.2. The quantitative estimate of drug-likeness (QED) is 0.191. The van der Waals surface area contributed by atoms with Gasteiger partial charge in [0.25, 0.3) is 5.69 Å². The maximum Gasteiger partial charge on any atom is 0.292 e. The van der Waals surface area contributed by atoms with E-state index in [0.717, 1.165) is 5.75 Å². The molecule has 1 heterocycles. The van der Waals surface area contributed by atoms with E-state index >= 15 is 0 Å². The van der Waals surface area contributed by atoms with Crippen molar-refractivity contribution in [1.82, 2.24) is 14.8 Å². The number of benzene rings is 2. The summed E-state index contributed by atoms with van der Waals surface area (Å²) in [7, 11) is 1.59. The van der Waals surface area contributed by atoms with Gasteiger partial charge in [-0.05, 0) is 37.3 Å². The van der Waals surface area contributed by atoms with Crippen molar-refractivity contribution in [3.63, 3.8) is 0 Å². The van der Waals surface area contributed by atoms with Crippen LogP contribution in [0.15, 0.2) is 66.3 Å². The second-order valence-corrected chi connectivity index (χ2v) is 7.73. The van der Waals surface area contributed by atoms with Crippen LogP contribution in [0.25, 0.3) is 0 Å². The molecule has 0 aliphatic rings. The first-order valence-corrected chi connectivity index (χ1v) is 10.9. The summed E-state index contributed by atoms with van der Waals surface area (Å²) in [6.07, 6.45) is 1.28. The molecule has 33 heavy (non-hydrogen) atoms. The molecule has 1 aromatic heterocycles. The Kier molecular flexibility index (Phi) is 8.03. The van der Waals surface area contributed by atoms with Gasteiger partial charge in [0, 0.05) is 12.6 Å². The standard InChI is InChI=1S/C22H23N5O5S/c1-4-13-26-21(15(2)32-17-11-9-16(31-3)10-12-17)24-25-22(26)33-14-20(28)23-18-7-5-6-8-19(18)27(29)30/h4-12,15H,1,13-14H2,2-3H3,(H,23,28). The van der Waals surface area contributed by atoms with Crippen molar-refractivity contribution in [3.05, 3.63) is 77.1 Å². The molecule has 11 heteroatoms. The number of ether oxygens (including phenoxy) is 2. The minimum atomic E-state index is -0.542. The summed E-state index contributed by atoms with van der Waals surface area (Å²) in [6, 6.07) is 13.2. The van der Waals surface area contributed by atoms with Gasteiger partial charge in [-0.1, -0.05) is 30.0 Å². The molecular formula is C22H23N5O5S. The van der Waals surface area contributed by atoms with Gasteiger partial charge in [-0.25, -0.2) is 0 Å². The predicted octanol–water partition coefficient (Wildman–Crippen LogP) is 4.25. The molecule has 1 atom stereocenters. The minimum absolute atomic E-state index is 0.00492. The maximum absolute atomic E-state index is 12.4. The van der Waals surface area contributed by atoms with Gasteiger partial charge in [0.05, 0.1) is 17.8 Å². The number of carbonyl (C=O) groups excluding carboxylic acids is 1. The molecule has 1 amide bonds. The van der Waals surface area contributed by atoms with E-state index in [1.54, 1.807) is 43.5 Å². The molecule has 0 radical (unpaired) electrons. The highest BCUT2D eigenvalue weighted by Crippen LogP contribution is 2.27. The van der Waals surface area contributed by atoms with Gasteiger partial charge >= 0.3 is 0 Å². The highest BCUT2D eigenvalue weighted by molar-refractivity contribution is 7.99. The van der Waals surface area contributed by atoms with Crippen molar-refractivity contribution in [3.8, 4) is 11.5 Å². The fourth-order valence-electron chi connectivity index (χ4n) is 2.97. The summed E-state index contributed by atoms with van der Waals surface area (Å²) in [6.45, 7) is 6.05. The van der Waals surface area contributed by atoms with E-state index < -0.39 is 16.9 Å². The zero-order valence-corrected chi connectivity index (χ0v) is 18.9. The molecule has 3 rings (SSSR count). The topological polar surface area (TPSA) is 121 Å². The van der Waals surface area contributed by atoms with Crippen molar-refractivity contribution < 1.29 is 19.2 Å². The number of para-hydroxylation sites is 2. The molecule has 2 aromatic carbocycles. The summed E-state index contributed by atoms with van der Waals surface area (Å²) >= 11 is 1.17. The third kappa shape index (κ3) is 6.10. The second-order valence-electron chi connectivity index (χ2n) is 6.79. The van der Waals surface area contributed by atoms with E-state index in [1.165, 1.54) is 30.0 Å². The van der Waals surface area contributed by atoms with E-state index in [0.29, 0.717) is 23.3 Å². The van der Waals surface area contributed by atoms with Crippen molar-refractivity contribution >= 4 is 29.0 Å². The number of anilines is 1. The summed E-state index contributed by atoms with van der Waals surface area (Å²) in [4.78, 5) is 23.0. The zero-order valence-electron chi connectivity index (χ0n) is 18.1. The maximum atomic E-state index is 12.4. The van der Waals surface area contributed by atoms with Crippen LogP contribution in [0.3, 0.4) is 0 Å². The molecule has 1 N–H and O–H groups in total. The van der Waals surface area contributed by atoms with Crippen molar-refractivity contribution in [2.24, 2.45) is 0 Å². The number of nitro groups is 1. The Morgan fingerprint density at radius 3 is 2.61 bits per heavy atom. The van der Waals surface area contributed by atoms with Crippen molar-refractivity contribution in [1.29, 1.82) is 0 Å². The monoisotopic (exact) mass is 469 g/mol. The minimum Gasteiger partial charge on any atom is -0.497 e. The molecule has 172 valence electrons. The van der Waals surface area contributed by atoms with Crippen LogP contribution in [0.2, 0.25) is 0 Å². The van der Waals surface area contributed by atoms with Crippen LogP contribution in [0.4, 0.5) is 11.4 Å². The van der Waals surface area contributed by atoms with E-state index in [-0.39, 0.29) is 17.1 Å². The fraction of sp³-hybridized carbons (Fsp3) is 0.227. The van der Waals surface area contributed by atoms with Gasteiger partial charge in [0.15, 0.2) is 17.1 Å². The molecule has 0 spiro atoms. The lowest BCUT2D eigenvalue weighted by Gasteiger charge is -2.16. The highest BCUT2D eigenvalue weighted by Gasteiger charge is 2.21. The van der Waals surface area contributed by atoms with Gasteiger partial charge < -0.3 is 14.8 Å². The Labute approximate surface area is 194 Å². The summed E-state index contributed by atoms with van der Waals surface area (Å²) in [5.74, 6) is 1.55. The normalized spacial score (nSPS) is 11.5. The van der Waals surface area contributed by atoms with Crippen LogP contribution >= 0.6 is 11.8 Å². The van der Waals surface area contributed by atoms with Crippen molar-refractivity contribution in [2.75, 3.05) is 18.2 Å². The number of nitrogens with zero attached hydrogens (tertiary/aromatic N) is 4. The summed E-state index contributed by atoms with van der Waals surface area (Å²) in [5.41, 5.74) is -0.0275. The lowest BCUT2D eigenvalue weighted by molar-refractivity contribution is -0.383. The van der Waals surface area contributed by atoms with Crippen LogP contribution in [-0.4, -0.2) is 38.5 Å². The molecule has 3 aromatic rings. The summed E-state index contributed by atoms with van der Waals surface area (Å²) < 4.78 is 12.9. The Balaban J connectivity index is 1.68. The van der Waals surface area contributed by atoms with Gasteiger partial charge in [-0.2, -0.15) is 0 Å². The van der Waals surface area contributed by atoms with Crippen LogP contribution in [0.1, 0.15) is 18.9 Å². The Hall–Kier alpha value is -3.86. The Bertz CT molecular complexity index is 1130. The number of nitro benzene ring substituents is 1. The Morgan fingerprint density at radius 1 is 1.24 bits per heavy atom. The number of methoxy groups -OCH3 is 1. The molecule has 0 fully saturated rings. The average molecular weight is 470 g/mol. The molecule has 0 saturated heterocycles. The Morgan fingerprint density at radius 2 is 1.94 bits per heavy atom. The number of nitrogens with one attached hydrogen (secondary N) is 1. The number of carbonyl (C=O) groups is 1. The zero-order chi connectivity index (χ0) is 23.8. The molecule has 1 unspecified atom stereocenters. The number of thioether (sulfide) groups is 1. The lowest BCUT2D eigenvalue weighted by Crippen LogP contribution is -2.16. The van der Waals surface area contributed by atoms with Crippen molar-refractivity contribution in [2.45, 2.75) is 24.7 Å². The number of aromatic nitrogens is 3. The third-order valence-electron chi connectivity index (χ3n) is 4.50. The van der Waals surface area contributed by atoms with Gasteiger partial charge in [0.1, 0.15) is 17.2 Å². The number of hydrogen-bond donors (Lipinski definition) is 1.